The molecule has 5 nitrogen and oxygen atoms in total. The van der Waals surface area contributed by atoms with E-state index in [1.165, 1.54) is 34.7 Å². The van der Waals surface area contributed by atoms with Crippen molar-refractivity contribution in [1.82, 2.24) is 9.78 Å². The Bertz CT molecular complexity index is 1090. The number of hydrogen-bond donors (Lipinski definition) is 0. The molecule has 0 saturated carbocycles. The fourth-order valence-corrected chi connectivity index (χ4v) is 2.95. The van der Waals surface area contributed by atoms with Crippen molar-refractivity contribution in [3.8, 4) is 5.69 Å². The predicted octanol–water partition coefficient (Wildman–Crippen LogP) is 4.23. The van der Waals surface area contributed by atoms with E-state index in [4.69, 9.17) is 0 Å². The first-order valence-electron chi connectivity index (χ1n) is 8.88. The van der Waals surface area contributed by atoms with Crippen LogP contribution in [0.5, 0.6) is 0 Å². The van der Waals surface area contributed by atoms with Gasteiger partial charge < -0.3 is 4.90 Å². The Morgan fingerprint density at radius 1 is 1.07 bits per heavy atom. The van der Waals surface area contributed by atoms with Crippen LogP contribution in [-0.4, -0.2) is 22.2 Å². The number of aromatic nitrogens is 2. The Morgan fingerprint density at radius 3 is 2.38 bits per heavy atom. The third-order valence-corrected chi connectivity index (χ3v) is 4.36. The summed E-state index contributed by atoms with van der Waals surface area (Å²) in [7, 11) is 0. The number of carbonyl (C=O) groups is 1. The number of para-hydroxylation sites is 1. The van der Waals surface area contributed by atoms with Gasteiger partial charge >= 0.3 is 6.18 Å². The van der Waals surface area contributed by atoms with E-state index in [1.807, 2.05) is 0 Å². The van der Waals surface area contributed by atoms with E-state index in [1.54, 1.807) is 37.3 Å². The summed E-state index contributed by atoms with van der Waals surface area (Å²) in [4.78, 5) is 26.8. The first kappa shape index (κ1) is 20.3. The maximum atomic E-state index is 13.1. The minimum absolute atomic E-state index is 0.106. The maximum Gasteiger partial charge on any atom is 0.416 e. The SMILES string of the molecule is CCN(C(=O)c1nn(-c2cccc(C(F)(F)F)c2)c(C)cc1=O)c1ccccc1. The van der Waals surface area contributed by atoms with Gasteiger partial charge in [0.2, 0.25) is 5.43 Å². The van der Waals surface area contributed by atoms with Gasteiger partial charge in [0.15, 0.2) is 5.69 Å². The summed E-state index contributed by atoms with van der Waals surface area (Å²) < 4.78 is 40.3. The van der Waals surface area contributed by atoms with Gasteiger partial charge in [0, 0.05) is 24.0 Å². The molecule has 150 valence electrons. The second-order valence-corrected chi connectivity index (χ2v) is 6.34. The molecule has 0 fully saturated rings. The molecule has 1 aromatic heterocycles. The van der Waals surface area contributed by atoms with Crippen molar-refractivity contribution in [1.29, 1.82) is 0 Å². The fraction of sp³-hybridized carbons (Fsp3) is 0.190. The quantitative estimate of drug-likeness (QED) is 0.658. The van der Waals surface area contributed by atoms with E-state index in [2.05, 4.69) is 5.10 Å². The van der Waals surface area contributed by atoms with Crippen molar-refractivity contribution in [2.24, 2.45) is 0 Å². The number of carbonyl (C=O) groups excluding carboxylic acids is 1. The molecule has 0 spiro atoms. The second kappa shape index (κ2) is 7.90. The molecule has 0 aliphatic carbocycles. The van der Waals surface area contributed by atoms with Crippen LogP contribution >= 0.6 is 0 Å². The highest BCUT2D eigenvalue weighted by molar-refractivity contribution is 6.04. The lowest BCUT2D eigenvalue weighted by molar-refractivity contribution is -0.137. The van der Waals surface area contributed by atoms with Crippen LogP contribution in [0.1, 0.15) is 28.7 Å². The van der Waals surface area contributed by atoms with Crippen molar-refractivity contribution in [2.75, 3.05) is 11.4 Å². The molecule has 3 rings (SSSR count). The zero-order chi connectivity index (χ0) is 21.2. The highest BCUT2D eigenvalue weighted by Crippen LogP contribution is 2.30. The molecule has 3 aromatic rings. The number of halogens is 3. The molecule has 0 N–H and O–H groups in total. The van der Waals surface area contributed by atoms with Crippen LogP contribution in [0.15, 0.2) is 65.5 Å². The molecule has 0 bridgehead atoms. The van der Waals surface area contributed by atoms with Gasteiger partial charge in [-0.2, -0.15) is 18.3 Å². The normalized spacial score (nSPS) is 11.3. The summed E-state index contributed by atoms with van der Waals surface area (Å²) in [6.45, 7) is 3.59. The second-order valence-electron chi connectivity index (χ2n) is 6.34. The van der Waals surface area contributed by atoms with E-state index >= 15 is 0 Å². The first-order valence-corrected chi connectivity index (χ1v) is 8.88. The summed E-state index contributed by atoms with van der Waals surface area (Å²) >= 11 is 0. The Morgan fingerprint density at radius 2 is 1.76 bits per heavy atom. The van der Waals surface area contributed by atoms with Gasteiger partial charge in [-0.05, 0) is 44.2 Å². The minimum Gasteiger partial charge on any atom is -0.307 e. The number of amides is 1. The summed E-state index contributed by atoms with van der Waals surface area (Å²) in [5.74, 6) is -0.621. The molecule has 0 aliphatic rings. The monoisotopic (exact) mass is 401 g/mol. The summed E-state index contributed by atoms with van der Waals surface area (Å²) in [6.07, 6.45) is -4.52. The standard InChI is InChI=1S/C21H18F3N3O2/c1-3-26(16-9-5-4-6-10-16)20(29)19-18(28)12-14(2)27(25-19)17-11-7-8-15(13-17)21(22,23)24/h4-13H,3H2,1-2H3. The van der Waals surface area contributed by atoms with E-state index in [9.17, 15) is 22.8 Å². The third kappa shape index (κ3) is 4.21. The molecular formula is C21H18F3N3O2. The Balaban J connectivity index is 2.09. The van der Waals surface area contributed by atoms with Crippen LogP contribution < -0.4 is 10.3 Å². The lowest BCUT2D eigenvalue weighted by atomic mass is 10.2. The van der Waals surface area contributed by atoms with Gasteiger partial charge in [0.1, 0.15) is 0 Å². The Hall–Kier alpha value is -3.42. The zero-order valence-electron chi connectivity index (χ0n) is 15.8. The number of nitrogens with zero attached hydrogens (tertiary/aromatic N) is 3. The van der Waals surface area contributed by atoms with E-state index < -0.39 is 23.1 Å². The van der Waals surface area contributed by atoms with Gasteiger partial charge in [-0.25, -0.2) is 4.68 Å². The lowest BCUT2D eigenvalue weighted by Gasteiger charge is -2.21. The molecular weight excluding hydrogens is 383 g/mol. The minimum atomic E-state index is -4.52. The van der Waals surface area contributed by atoms with Crippen molar-refractivity contribution >= 4 is 11.6 Å². The number of benzene rings is 2. The molecule has 1 amide bonds. The van der Waals surface area contributed by atoms with Crippen molar-refractivity contribution in [3.05, 3.63) is 87.8 Å². The van der Waals surface area contributed by atoms with Gasteiger partial charge in [-0.15, -0.1) is 0 Å². The van der Waals surface area contributed by atoms with Crippen molar-refractivity contribution in [2.45, 2.75) is 20.0 Å². The fourth-order valence-electron chi connectivity index (χ4n) is 2.95. The van der Waals surface area contributed by atoms with Gasteiger partial charge in [-0.3, -0.25) is 9.59 Å². The highest BCUT2D eigenvalue weighted by Gasteiger charge is 2.31. The predicted molar refractivity (Wildman–Crippen MR) is 103 cm³/mol. The average molecular weight is 401 g/mol. The van der Waals surface area contributed by atoms with Gasteiger partial charge in [0.05, 0.1) is 11.3 Å². The number of anilines is 1. The number of aryl methyl sites for hydroxylation is 1. The lowest BCUT2D eigenvalue weighted by Crippen LogP contribution is -2.36. The van der Waals surface area contributed by atoms with Crippen molar-refractivity contribution < 1.29 is 18.0 Å². The molecule has 0 radical (unpaired) electrons. The molecule has 1 heterocycles. The molecule has 0 atom stereocenters. The number of alkyl halides is 3. The summed E-state index contributed by atoms with van der Waals surface area (Å²) in [5.41, 5.74) is -0.791. The van der Waals surface area contributed by atoms with Crippen LogP contribution in [-0.2, 0) is 6.18 Å². The number of rotatable bonds is 4. The Labute approximate surface area is 165 Å². The van der Waals surface area contributed by atoms with E-state index in [0.717, 1.165) is 12.1 Å². The third-order valence-electron chi connectivity index (χ3n) is 4.36. The molecule has 29 heavy (non-hydrogen) atoms. The smallest absolute Gasteiger partial charge is 0.307 e. The van der Waals surface area contributed by atoms with Crippen molar-refractivity contribution in [3.63, 3.8) is 0 Å². The van der Waals surface area contributed by atoms with E-state index in [0.29, 0.717) is 17.9 Å². The number of hydrogen-bond acceptors (Lipinski definition) is 3. The molecule has 0 saturated heterocycles. The van der Waals surface area contributed by atoms with Crippen LogP contribution in [0.4, 0.5) is 18.9 Å². The highest BCUT2D eigenvalue weighted by atomic mass is 19.4. The van der Waals surface area contributed by atoms with Gasteiger partial charge in [0.25, 0.3) is 5.91 Å². The molecule has 0 aliphatic heterocycles. The summed E-state index contributed by atoms with van der Waals surface area (Å²) in [6, 6.07) is 14.5. The largest absolute Gasteiger partial charge is 0.416 e. The Kier molecular flexibility index (Phi) is 5.54. The molecule has 2 aromatic carbocycles. The molecule has 8 heteroatoms. The van der Waals surface area contributed by atoms with Crippen LogP contribution in [0.25, 0.3) is 5.69 Å². The van der Waals surface area contributed by atoms with Crippen LogP contribution in [0, 0.1) is 6.92 Å². The average Bonchev–Trinajstić information content (AvgIpc) is 2.69. The first-order chi connectivity index (χ1) is 13.7. The van der Waals surface area contributed by atoms with Crippen LogP contribution in [0.3, 0.4) is 0 Å². The van der Waals surface area contributed by atoms with E-state index in [-0.39, 0.29) is 11.4 Å². The topological polar surface area (TPSA) is 55.2 Å². The molecule has 0 unspecified atom stereocenters. The van der Waals surface area contributed by atoms with Gasteiger partial charge in [-0.1, -0.05) is 24.3 Å². The maximum absolute atomic E-state index is 13.1. The zero-order valence-corrected chi connectivity index (χ0v) is 15.8. The summed E-state index contributed by atoms with van der Waals surface area (Å²) in [5, 5.41) is 4.11. The van der Waals surface area contributed by atoms with Crippen LogP contribution in [0.2, 0.25) is 0 Å².